The summed E-state index contributed by atoms with van der Waals surface area (Å²) in [6.45, 7) is 2.48. The van der Waals surface area contributed by atoms with Crippen LogP contribution in [0.5, 0.6) is 0 Å². The molecule has 1 aromatic heterocycles. The summed E-state index contributed by atoms with van der Waals surface area (Å²) < 4.78 is 0. The number of nitrogens with one attached hydrogen (secondary N) is 1. The Balaban J connectivity index is 1.81. The van der Waals surface area contributed by atoms with Gasteiger partial charge in [0.25, 0.3) is 5.91 Å². The zero-order valence-electron chi connectivity index (χ0n) is 12.8. The predicted octanol–water partition coefficient (Wildman–Crippen LogP) is 2.61. The number of benzene rings is 1. The molecule has 2 aromatic rings. The highest BCUT2D eigenvalue weighted by Crippen LogP contribution is 2.39. The summed E-state index contributed by atoms with van der Waals surface area (Å²) in [5.41, 5.74) is 8.10. The molecule has 0 saturated heterocycles. The quantitative estimate of drug-likeness (QED) is 0.891. The molecular formula is C18H21N3O. The summed E-state index contributed by atoms with van der Waals surface area (Å²) in [6.07, 6.45) is 5.65. The van der Waals surface area contributed by atoms with Crippen molar-refractivity contribution in [1.82, 2.24) is 10.3 Å². The second-order valence-corrected chi connectivity index (χ2v) is 6.18. The van der Waals surface area contributed by atoms with Gasteiger partial charge in [-0.25, -0.2) is 0 Å². The third-order valence-corrected chi connectivity index (χ3v) is 4.41. The van der Waals surface area contributed by atoms with Gasteiger partial charge in [-0.3, -0.25) is 9.78 Å². The molecule has 1 fully saturated rings. The van der Waals surface area contributed by atoms with Crippen LogP contribution in [0.1, 0.15) is 30.1 Å². The van der Waals surface area contributed by atoms with Crippen molar-refractivity contribution in [1.29, 1.82) is 0 Å². The van der Waals surface area contributed by atoms with Crippen molar-refractivity contribution in [3.05, 3.63) is 54.4 Å². The Bertz CT molecular complexity index is 667. The maximum Gasteiger partial charge on any atom is 0.253 e. The van der Waals surface area contributed by atoms with Crippen molar-refractivity contribution < 1.29 is 4.79 Å². The summed E-state index contributed by atoms with van der Waals surface area (Å²) in [7, 11) is 0. The van der Waals surface area contributed by atoms with Crippen molar-refractivity contribution in [3.63, 3.8) is 0 Å². The first-order valence-electron chi connectivity index (χ1n) is 7.65. The Hall–Kier alpha value is -2.20. The molecule has 3 N–H and O–H groups in total. The van der Waals surface area contributed by atoms with E-state index < -0.39 is 0 Å². The normalized spacial score (nSPS) is 16.8. The van der Waals surface area contributed by atoms with E-state index in [1.807, 2.05) is 43.3 Å². The molecule has 1 aliphatic rings. The Morgan fingerprint density at radius 3 is 2.64 bits per heavy atom. The molecule has 3 rings (SSSR count). The van der Waals surface area contributed by atoms with Gasteiger partial charge >= 0.3 is 0 Å². The molecule has 4 heteroatoms. The van der Waals surface area contributed by atoms with Crippen LogP contribution in [0.4, 0.5) is 0 Å². The highest BCUT2D eigenvalue weighted by atomic mass is 16.1. The smallest absolute Gasteiger partial charge is 0.253 e. The lowest BCUT2D eigenvalue weighted by Gasteiger charge is -2.29. The van der Waals surface area contributed by atoms with E-state index in [0.29, 0.717) is 18.0 Å². The number of nitrogens with zero attached hydrogens (tertiary/aromatic N) is 1. The third-order valence-electron chi connectivity index (χ3n) is 4.41. The van der Waals surface area contributed by atoms with Crippen LogP contribution in [0, 0.1) is 5.92 Å². The van der Waals surface area contributed by atoms with E-state index in [0.717, 1.165) is 24.0 Å². The number of hydrogen-bond acceptors (Lipinski definition) is 3. The van der Waals surface area contributed by atoms with E-state index in [4.69, 9.17) is 5.73 Å². The average Bonchev–Trinajstić information content (AvgIpc) is 3.41. The molecule has 4 nitrogen and oxygen atoms in total. The molecule has 1 heterocycles. The van der Waals surface area contributed by atoms with Gasteiger partial charge in [0.05, 0.1) is 11.1 Å². The van der Waals surface area contributed by atoms with Gasteiger partial charge in [0.1, 0.15) is 0 Å². The number of rotatable bonds is 5. The first kappa shape index (κ1) is 14.7. The van der Waals surface area contributed by atoms with Crippen LogP contribution < -0.4 is 11.1 Å². The van der Waals surface area contributed by atoms with Crippen LogP contribution in [0.2, 0.25) is 0 Å². The minimum atomic E-state index is -0.320. The van der Waals surface area contributed by atoms with Crippen molar-refractivity contribution in [2.24, 2.45) is 11.7 Å². The summed E-state index contributed by atoms with van der Waals surface area (Å²) in [6, 6.07) is 11.8. The van der Waals surface area contributed by atoms with Gasteiger partial charge in [-0.2, -0.15) is 0 Å². The van der Waals surface area contributed by atoms with Crippen LogP contribution in [0.3, 0.4) is 0 Å². The minimum Gasteiger partial charge on any atom is -0.345 e. The first-order chi connectivity index (χ1) is 10.6. The maximum absolute atomic E-state index is 12.5. The third kappa shape index (κ3) is 3.02. The van der Waals surface area contributed by atoms with Crippen LogP contribution in [0.25, 0.3) is 11.1 Å². The second-order valence-electron chi connectivity index (χ2n) is 6.18. The summed E-state index contributed by atoms with van der Waals surface area (Å²) in [5, 5.41) is 3.10. The fraction of sp³-hybridized carbons (Fsp3) is 0.333. The lowest BCUT2D eigenvalue weighted by molar-refractivity contribution is 0.0897. The zero-order chi connectivity index (χ0) is 15.6. The van der Waals surface area contributed by atoms with Gasteiger partial charge in [0.2, 0.25) is 0 Å². The topological polar surface area (TPSA) is 68.0 Å². The number of aromatic nitrogens is 1. The lowest BCUT2D eigenvalue weighted by Crippen LogP contribution is -2.53. The fourth-order valence-electron chi connectivity index (χ4n) is 2.72. The van der Waals surface area contributed by atoms with Crippen LogP contribution in [0.15, 0.2) is 48.8 Å². The number of hydrogen-bond donors (Lipinski definition) is 2. The van der Waals surface area contributed by atoms with Crippen molar-refractivity contribution in [3.8, 4) is 11.1 Å². The number of carbonyl (C=O) groups is 1. The number of amides is 1. The van der Waals surface area contributed by atoms with Gasteiger partial charge in [0.15, 0.2) is 0 Å². The molecule has 22 heavy (non-hydrogen) atoms. The van der Waals surface area contributed by atoms with Crippen molar-refractivity contribution >= 4 is 5.91 Å². The van der Waals surface area contributed by atoms with Crippen LogP contribution >= 0.6 is 0 Å². The number of nitrogens with two attached hydrogens (primary N) is 1. The second kappa shape index (κ2) is 5.89. The predicted molar refractivity (Wildman–Crippen MR) is 87.3 cm³/mol. The standard InChI is InChI=1S/C18H21N3O/c1-18(12-19,16-7-8-16)21-17(22)15-9-14(10-20-11-15)13-5-3-2-4-6-13/h2-6,9-11,16H,7-8,12,19H2,1H3,(H,21,22). The van der Waals surface area contributed by atoms with E-state index in [9.17, 15) is 4.79 Å². The SMILES string of the molecule is CC(CN)(NC(=O)c1cncc(-c2ccccc2)c1)C1CC1. The van der Waals surface area contributed by atoms with E-state index in [2.05, 4.69) is 10.3 Å². The molecular weight excluding hydrogens is 274 g/mol. The van der Waals surface area contributed by atoms with Gasteiger partial charge in [-0.15, -0.1) is 0 Å². The number of carbonyl (C=O) groups excluding carboxylic acids is 1. The van der Waals surface area contributed by atoms with E-state index in [1.165, 1.54) is 0 Å². The Morgan fingerprint density at radius 2 is 2.00 bits per heavy atom. The molecule has 1 atom stereocenters. The molecule has 0 spiro atoms. The van der Waals surface area contributed by atoms with Crippen molar-refractivity contribution in [2.75, 3.05) is 6.54 Å². The van der Waals surface area contributed by atoms with E-state index in [1.54, 1.807) is 12.4 Å². The molecule has 0 aliphatic heterocycles. The molecule has 1 aliphatic carbocycles. The molecule has 1 aromatic carbocycles. The van der Waals surface area contributed by atoms with Crippen molar-refractivity contribution in [2.45, 2.75) is 25.3 Å². The summed E-state index contributed by atoms with van der Waals surface area (Å²) in [5.74, 6) is 0.386. The van der Waals surface area contributed by atoms with Crippen LogP contribution in [-0.4, -0.2) is 23.0 Å². The Morgan fingerprint density at radius 1 is 1.27 bits per heavy atom. The Kier molecular flexibility index (Phi) is 3.94. The Labute approximate surface area is 130 Å². The molecule has 1 unspecified atom stereocenters. The fourth-order valence-corrected chi connectivity index (χ4v) is 2.72. The zero-order valence-corrected chi connectivity index (χ0v) is 12.8. The lowest BCUT2D eigenvalue weighted by atomic mass is 9.95. The van der Waals surface area contributed by atoms with E-state index >= 15 is 0 Å². The average molecular weight is 295 g/mol. The molecule has 114 valence electrons. The summed E-state index contributed by atoms with van der Waals surface area (Å²) >= 11 is 0. The molecule has 0 bridgehead atoms. The monoisotopic (exact) mass is 295 g/mol. The minimum absolute atomic E-state index is 0.106. The first-order valence-corrected chi connectivity index (χ1v) is 7.65. The summed E-state index contributed by atoms with van der Waals surface area (Å²) in [4.78, 5) is 16.7. The van der Waals surface area contributed by atoms with E-state index in [-0.39, 0.29) is 11.4 Å². The molecule has 0 radical (unpaired) electrons. The van der Waals surface area contributed by atoms with Gasteiger partial charge in [0, 0.05) is 24.5 Å². The molecule has 1 saturated carbocycles. The maximum atomic E-state index is 12.5. The number of pyridine rings is 1. The van der Waals surface area contributed by atoms with Gasteiger partial charge < -0.3 is 11.1 Å². The molecule has 1 amide bonds. The highest BCUT2D eigenvalue weighted by molar-refractivity contribution is 5.95. The van der Waals surface area contributed by atoms with Gasteiger partial charge in [-0.1, -0.05) is 30.3 Å². The highest BCUT2D eigenvalue weighted by Gasteiger charge is 2.41. The van der Waals surface area contributed by atoms with Crippen LogP contribution in [-0.2, 0) is 0 Å². The van der Waals surface area contributed by atoms with Gasteiger partial charge in [-0.05, 0) is 37.3 Å². The largest absolute Gasteiger partial charge is 0.345 e.